The van der Waals surface area contributed by atoms with Gasteiger partial charge in [0.05, 0.1) is 0 Å². The summed E-state index contributed by atoms with van der Waals surface area (Å²) in [4.78, 5) is 13.8. The number of ether oxygens (including phenoxy) is 1. The molecule has 3 nitrogen and oxygen atoms in total. The Hall–Kier alpha value is -0.730. The molecule has 1 aliphatic heterocycles. The van der Waals surface area contributed by atoms with Crippen molar-refractivity contribution in [3.05, 3.63) is 0 Å². The van der Waals surface area contributed by atoms with Crippen LogP contribution >= 0.6 is 0 Å². The molecule has 1 fully saturated rings. The largest absolute Gasteiger partial charge is 0.444 e. The Bertz CT molecular complexity index is 253. The molecular formula is C12H23NO2. The maximum Gasteiger partial charge on any atom is 0.410 e. The molecule has 1 aliphatic rings. The summed E-state index contributed by atoms with van der Waals surface area (Å²) in [5.74, 6) is 0.563. The molecule has 0 bridgehead atoms. The van der Waals surface area contributed by atoms with E-state index in [1.54, 1.807) is 0 Å². The molecular weight excluding hydrogens is 190 g/mol. The Morgan fingerprint density at radius 2 is 1.93 bits per heavy atom. The van der Waals surface area contributed by atoms with Crippen LogP contribution in [0.5, 0.6) is 0 Å². The third-order valence-electron chi connectivity index (χ3n) is 2.69. The average Bonchev–Trinajstić information content (AvgIpc) is 2.20. The highest BCUT2D eigenvalue weighted by molar-refractivity contribution is 5.69. The minimum Gasteiger partial charge on any atom is -0.444 e. The average molecular weight is 213 g/mol. The number of hydrogen-bond donors (Lipinski definition) is 0. The lowest BCUT2D eigenvalue weighted by molar-refractivity contribution is 0.0131. The fourth-order valence-electron chi connectivity index (χ4n) is 2.22. The molecule has 0 aromatic rings. The Morgan fingerprint density at radius 1 is 1.40 bits per heavy atom. The number of hydrogen-bond acceptors (Lipinski definition) is 2. The van der Waals surface area contributed by atoms with Gasteiger partial charge in [0.2, 0.25) is 0 Å². The van der Waals surface area contributed by atoms with E-state index in [0.717, 1.165) is 13.0 Å². The van der Waals surface area contributed by atoms with Crippen molar-refractivity contribution in [2.75, 3.05) is 6.54 Å². The van der Waals surface area contributed by atoms with E-state index in [-0.39, 0.29) is 11.6 Å². The molecule has 0 N–H and O–H groups in total. The summed E-state index contributed by atoms with van der Waals surface area (Å²) in [6.45, 7) is 12.9. The predicted molar refractivity (Wildman–Crippen MR) is 60.8 cm³/mol. The highest BCUT2D eigenvalue weighted by Gasteiger charge is 2.41. The maximum absolute atomic E-state index is 11.9. The molecule has 1 amide bonds. The molecule has 15 heavy (non-hydrogen) atoms. The lowest BCUT2D eigenvalue weighted by Crippen LogP contribution is -2.45. The molecule has 0 spiro atoms. The summed E-state index contributed by atoms with van der Waals surface area (Å²) in [5.41, 5.74) is -0.471. The molecule has 1 atom stereocenters. The molecule has 0 saturated carbocycles. The first-order valence-corrected chi connectivity index (χ1v) is 5.62. The van der Waals surface area contributed by atoms with E-state index in [2.05, 4.69) is 20.8 Å². The van der Waals surface area contributed by atoms with Crippen molar-refractivity contribution in [1.29, 1.82) is 0 Å². The van der Waals surface area contributed by atoms with Gasteiger partial charge in [-0.25, -0.2) is 4.79 Å². The highest BCUT2D eigenvalue weighted by Crippen LogP contribution is 2.33. The normalized spacial score (nSPS) is 25.5. The third kappa shape index (κ3) is 3.11. The quantitative estimate of drug-likeness (QED) is 0.619. The summed E-state index contributed by atoms with van der Waals surface area (Å²) in [6.07, 6.45) is 0.864. The van der Waals surface area contributed by atoms with Gasteiger partial charge in [0.1, 0.15) is 5.60 Å². The molecule has 0 radical (unpaired) electrons. The van der Waals surface area contributed by atoms with Crippen LogP contribution in [0.1, 0.15) is 48.0 Å². The van der Waals surface area contributed by atoms with Crippen LogP contribution in [0.15, 0.2) is 0 Å². The molecule has 0 aromatic heterocycles. The first-order chi connectivity index (χ1) is 6.62. The lowest BCUT2D eigenvalue weighted by atomic mass is 9.98. The van der Waals surface area contributed by atoms with E-state index in [1.165, 1.54) is 0 Å². The van der Waals surface area contributed by atoms with Crippen LogP contribution in [0, 0.1) is 5.92 Å². The van der Waals surface area contributed by atoms with Gasteiger partial charge in [-0.3, -0.25) is 0 Å². The van der Waals surface area contributed by atoms with Crippen molar-refractivity contribution in [3.8, 4) is 0 Å². The van der Waals surface area contributed by atoms with E-state index in [9.17, 15) is 4.79 Å². The van der Waals surface area contributed by atoms with Gasteiger partial charge in [-0.1, -0.05) is 6.92 Å². The lowest BCUT2D eigenvalue weighted by Gasteiger charge is -2.33. The molecule has 0 aromatic carbocycles. The van der Waals surface area contributed by atoms with E-state index in [4.69, 9.17) is 4.74 Å². The van der Waals surface area contributed by atoms with Crippen molar-refractivity contribution >= 4 is 6.09 Å². The molecule has 1 saturated heterocycles. The number of likely N-dealkylation sites (tertiary alicyclic amines) is 1. The second-order valence-electron chi connectivity index (χ2n) is 6.21. The SMILES string of the molecule is CC1CN(C(=O)OC(C)(C)C)C(C)(C)C1. The molecule has 1 unspecified atom stereocenters. The summed E-state index contributed by atoms with van der Waals surface area (Å²) in [7, 11) is 0. The topological polar surface area (TPSA) is 29.5 Å². The van der Waals surface area contributed by atoms with Gasteiger partial charge in [0.15, 0.2) is 0 Å². The Labute approximate surface area is 92.8 Å². The number of carbonyl (C=O) groups is 1. The van der Waals surface area contributed by atoms with Gasteiger partial charge in [0, 0.05) is 12.1 Å². The molecule has 0 aliphatic carbocycles. The van der Waals surface area contributed by atoms with Crippen molar-refractivity contribution in [2.24, 2.45) is 5.92 Å². The smallest absolute Gasteiger partial charge is 0.410 e. The molecule has 1 heterocycles. The van der Waals surface area contributed by atoms with Gasteiger partial charge < -0.3 is 9.64 Å². The van der Waals surface area contributed by atoms with Gasteiger partial charge in [-0.05, 0) is 47.0 Å². The van der Waals surface area contributed by atoms with Crippen LogP contribution in [0.4, 0.5) is 4.79 Å². The minimum atomic E-state index is -0.404. The Morgan fingerprint density at radius 3 is 2.27 bits per heavy atom. The number of amides is 1. The Kier molecular flexibility index (Phi) is 3.04. The van der Waals surface area contributed by atoms with E-state index in [0.29, 0.717) is 5.92 Å². The summed E-state index contributed by atoms with van der Waals surface area (Å²) < 4.78 is 5.39. The highest BCUT2D eigenvalue weighted by atomic mass is 16.6. The molecule has 88 valence electrons. The number of carbonyl (C=O) groups excluding carboxylic acids is 1. The zero-order chi connectivity index (χ0) is 11.9. The maximum atomic E-state index is 11.9. The first-order valence-electron chi connectivity index (χ1n) is 5.62. The van der Waals surface area contributed by atoms with Gasteiger partial charge in [0.25, 0.3) is 0 Å². The van der Waals surface area contributed by atoms with Crippen molar-refractivity contribution in [3.63, 3.8) is 0 Å². The monoisotopic (exact) mass is 213 g/mol. The van der Waals surface area contributed by atoms with Crippen LogP contribution in [-0.4, -0.2) is 28.7 Å². The summed E-state index contributed by atoms with van der Waals surface area (Å²) in [6, 6.07) is 0. The van der Waals surface area contributed by atoms with Crippen molar-refractivity contribution in [1.82, 2.24) is 4.90 Å². The van der Waals surface area contributed by atoms with Gasteiger partial charge >= 0.3 is 6.09 Å². The van der Waals surface area contributed by atoms with Gasteiger partial charge in [-0.2, -0.15) is 0 Å². The number of nitrogens with zero attached hydrogens (tertiary/aromatic N) is 1. The van der Waals surface area contributed by atoms with Crippen molar-refractivity contribution < 1.29 is 9.53 Å². The minimum absolute atomic E-state index is 0.0677. The van der Waals surface area contributed by atoms with E-state index >= 15 is 0 Å². The van der Waals surface area contributed by atoms with E-state index in [1.807, 2.05) is 25.7 Å². The molecule has 3 heteroatoms. The van der Waals surface area contributed by atoms with Crippen LogP contribution in [-0.2, 0) is 4.74 Å². The predicted octanol–water partition coefficient (Wildman–Crippen LogP) is 3.04. The zero-order valence-corrected chi connectivity index (χ0v) is 10.8. The van der Waals surface area contributed by atoms with Crippen LogP contribution in [0.2, 0.25) is 0 Å². The Balaban J connectivity index is 2.68. The van der Waals surface area contributed by atoms with Crippen LogP contribution < -0.4 is 0 Å². The summed E-state index contributed by atoms with van der Waals surface area (Å²) >= 11 is 0. The first kappa shape index (κ1) is 12.3. The second kappa shape index (κ2) is 3.69. The zero-order valence-electron chi connectivity index (χ0n) is 10.8. The van der Waals surface area contributed by atoms with Crippen LogP contribution in [0.25, 0.3) is 0 Å². The van der Waals surface area contributed by atoms with Crippen molar-refractivity contribution in [2.45, 2.75) is 59.1 Å². The van der Waals surface area contributed by atoms with E-state index < -0.39 is 5.60 Å². The fourth-order valence-corrected chi connectivity index (χ4v) is 2.22. The summed E-state index contributed by atoms with van der Waals surface area (Å²) in [5, 5.41) is 0. The molecule has 1 rings (SSSR count). The third-order valence-corrected chi connectivity index (χ3v) is 2.69. The van der Waals surface area contributed by atoms with Crippen LogP contribution in [0.3, 0.4) is 0 Å². The second-order valence-corrected chi connectivity index (χ2v) is 6.21. The van der Waals surface area contributed by atoms with Gasteiger partial charge in [-0.15, -0.1) is 0 Å². The number of rotatable bonds is 0. The standard InChI is InChI=1S/C12H23NO2/c1-9-7-12(5,6)13(8-9)10(14)15-11(2,3)4/h9H,7-8H2,1-6H3. The fraction of sp³-hybridized carbons (Fsp3) is 0.917.